The Hall–Kier alpha value is -0.440. The standard InChI is InChI=1S/C11H20O2S/c1-4-6-7-8-9-11(5-2,14-3)10(12)13/h7-8H,4-6,9H2,1-3H3,(H,12,13)/b8-7+. The molecular formula is C11H20O2S. The fraction of sp³-hybridized carbons (Fsp3) is 0.727. The number of rotatable bonds is 7. The highest BCUT2D eigenvalue weighted by molar-refractivity contribution is 8.00. The number of hydrogen-bond acceptors (Lipinski definition) is 2. The Morgan fingerprint density at radius 3 is 2.43 bits per heavy atom. The second-order valence-corrected chi connectivity index (χ2v) is 4.51. The molecule has 0 aromatic heterocycles. The SMILES string of the molecule is CCC/C=C/CC(CC)(SC)C(=O)O. The van der Waals surface area contributed by atoms with Crippen molar-refractivity contribution in [1.82, 2.24) is 0 Å². The van der Waals surface area contributed by atoms with Crippen molar-refractivity contribution < 1.29 is 9.90 Å². The summed E-state index contributed by atoms with van der Waals surface area (Å²) >= 11 is 1.43. The van der Waals surface area contributed by atoms with E-state index in [1.54, 1.807) is 0 Å². The Morgan fingerprint density at radius 1 is 1.43 bits per heavy atom. The summed E-state index contributed by atoms with van der Waals surface area (Å²) in [5.74, 6) is -0.700. The van der Waals surface area contributed by atoms with E-state index in [4.69, 9.17) is 5.11 Å². The monoisotopic (exact) mass is 216 g/mol. The van der Waals surface area contributed by atoms with Gasteiger partial charge in [-0.3, -0.25) is 4.79 Å². The van der Waals surface area contributed by atoms with Gasteiger partial charge in [-0.15, -0.1) is 11.8 Å². The molecule has 0 amide bonds. The van der Waals surface area contributed by atoms with Crippen molar-refractivity contribution in [2.45, 2.75) is 44.3 Å². The third-order valence-corrected chi connectivity index (χ3v) is 3.83. The molecule has 82 valence electrons. The maximum absolute atomic E-state index is 11.1. The molecule has 0 aliphatic carbocycles. The highest BCUT2D eigenvalue weighted by Crippen LogP contribution is 2.31. The average Bonchev–Trinajstić information content (AvgIpc) is 2.18. The van der Waals surface area contributed by atoms with E-state index in [1.165, 1.54) is 11.8 Å². The van der Waals surface area contributed by atoms with Crippen molar-refractivity contribution in [3.05, 3.63) is 12.2 Å². The van der Waals surface area contributed by atoms with Crippen LogP contribution in [-0.4, -0.2) is 22.1 Å². The number of carboxylic acids is 1. The van der Waals surface area contributed by atoms with Gasteiger partial charge >= 0.3 is 5.97 Å². The van der Waals surface area contributed by atoms with E-state index < -0.39 is 10.7 Å². The Labute approximate surface area is 90.8 Å². The van der Waals surface area contributed by atoms with Crippen molar-refractivity contribution in [1.29, 1.82) is 0 Å². The van der Waals surface area contributed by atoms with Gasteiger partial charge in [-0.1, -0.05) is 32.4 Å². The predicted octanol–water partition coefficient (Wildman–Crippen LogP) is 3.33. The molecular weight excluding hydrogens is 196 g/mol. The molecule has 0 heterocycles. The molecule has 1 atom stereocenters. The van der Waals surface area contributed by atoms with E-state index in [2.05, 4.69) is 13.0 Å². The van der Waals surface area contributed by atoms with Crippen molar-refractivity contribution >= 4 is 17.7 Å². The molecule has 0 rings (SSSR count). The molecule has 0 fully saturated rings. The zero-order chi connectivity index (χ0) is 11.0. The quantitative estimate of drug-likeness (QED) is 0.663. The Morgan fingerprint density at radius 2 is 2.07 bits per heavy atom. The van der Waals surface area contributed by atoms with Crippen LogP contribution >= 0.6 is 11.8 Å². The number of allylic oxidation sites excluding steroid dienone is 2. The van der Waals surface area contributed by atoms with Gasteiger partial charge in [0.2, 0.25) is 0 Å². The maximum Gasteiger partial charge on any atom is 0.320 e. The fourth-order valence-electron chi connectivity index (χ4n) is 1.26. The minimum atomic E-state index is -0.700. The van der Waals surface area contributed by atoms with Gasteiger partial charge in [-0.2, -0.15) is 0 Å². The molecule has 0 aliphatic heterocycles. The molecule has 2 nitrogen and oxygen atoms in total. The summed E-state index contributed by atoms with van der Waals surface area (Å²) in [4.78, 5) is 11.1. The van der Waals surface area contributed by atoms with Crippen LogP contribution in [0.5, 0.6) is 0 Å². The molecule has 0 saturated carbocycles. The number of aliphatic carboxylic acids is 1. The first-order chi connectivity index (χ1) is 6.63. The largest absolute Gasteiger partial charge is 0.480 e. The lowest BCUT2D eigenvalue weighted by Crippen LogP contribution is -2.33. The van der Waals surface area contributed by atoms with Crippen LogP contribution in [0.3, 0.4) is 0 Å². The Kier molecular flexibility index (Phi) is 6.71. The lowest BCUT2D eigenvalue weighted by atomic mass is 10.0. The van der Waals surface area contributed by atoms with Crippen LogP contribution in [-0.2, 0) is 4.79 Å². The van der Waals surface area contributed by atoms with E-state index in [0.717, 1.165) is 12.8 Å². The summed E-state index contributed by atoms with van der Waals surface area (Å²) < 4.78 is -0.621. The topological polar surface area (TPSA) is 37.3 Å². The first-order valence-electron chi connectivity index (χ1n) is 5.06. The van der Waals surface area contributed by atoms with E-state index >= 15 is 0 Å². The summed E-state index contributed by atoms with van der Waals surface area (Å²) in [6, 6.07) is 0. The Bertz CT molecular complexity index is 195. The van der Waals surface area contributed by atoms with Gasteiger partial charge in [0, 0.05) is 0 Å². The minimum Gasteiger partial charge on any atom is -0.480 e. The van der Waals surface area contributed by atoms with Crippen LogP contribution in [0.2, 0.25) is 0 Å². The van der Waals surface area contributed by atoms with Gasteiger partial charge in [-0.05, 0) is 25.5 Å². The summed E-state index contributed by atoms with van der Waals surface area (Å²) in [6.45, 7) is 4.04. The van der Waals surface area contributed by atoms with Crippen LogP contribution in [0, 0.1) is 0 Å². The van der Waals surface area contributed by atoms with Gasteiger partial charge in [0.25, 0.3) is 0 Å². The van der Waals surface area contributed by atoms with E-state index in [0.29, 0.717) is 12.8 Å². The van der Waals surface area contributed by atoms with Gasteiger partial charge in [0.1, 0.15) is 4.75 Å². The number of thioether (sulfide) groups is 1. The van der Waals surface area contributed by atoms with Crippen molar-refractivity contribution in [3.63, 3.8) is 0 Å². The van der Waals surface area contributed by atoms with Gasteiger partial charge in [0.05, 0.1) is 0 Å². The lowest BCUT2D eigenvalue weighted by Gasteiger charge is -2.24. The van der Waals surface area contributed by atoms with Crippen LogP contribution in [0.1, 0.15) is 39.5 Å². The molecule has 0 saturated heterocycles. The van der Waals surface area contributed by atoms with Crippen LogP contribution in [0.25, 0.3) is 0 Å². The third-order valence-electron chi connectivity index (χ3n) is 2.42. The molecule has 0 spiro atoms. The van der Waals surface area contributed by atoms with E-state index in [-0.39, 0.29) is 0 Å². The van der Waals surface area contributed by atoms with Crippen molar-refractivity contribution in [2.75, 3.05) is 6.26 Å². The molecule has 1 N–H and O–H groups in total. The van der Waals surface area contributed by atoms with Crippen molar-refractivity contribution in [2.24, 2.45) is 0 Å². The number of carboxylic acid groups (broad SMARTS) is 1. The fourth-order valence-corrected chi connectivity index (χ4v) is 1.98. The first kappa shape index (κ1) is 13.6. The summed E-state index contributed by atoms with van der Waals surface area (Å²) in [5.41, 5.74) is 0. The summed E-state index contributed by atoms with van der Waals surface area (Å²) in [6.07, 6.45) is 9.38. The minimum absolute atomic E-state index is 0.621. The molecule has 14 heavy (non-hydrogen) atoms. The molecule has 1 unspecified atom stereocenters. The molecule has 0 aromatic carbocycles. The second kappa shape index (κ2) is 6.93. The van der Waals surface area contributed by atoms with Crippen LogP contribution in [0.15, 0.2) is 12.2 Å². The number of hydrogen-bond donors (Lipinski definition) is 1. The number of carbonyl (C=O) groups is 1. The highest BCUT2D eigenvalue weighted by atomic mass is 32.2. The van der Waals surface area contributed by atoms with Gasteiger partial charge in [0.15, 0.2) is 0 Å². The lowest BCUT2D eigenvalue weighted by molar-refractivity contribution is -0.139. The first-order valence-corrected chi connectivity index (χ1v) is 6.29. The normalized spacial score (nSPS) is 15.6. The van der Waals surface area contributed by atoms with E-state index in [9.17, 15) is 4.79 Å². The van der Waals surface area contributed by atoms with Crippen LogP contribution in [0.4, 0.5) is 0 Å². The maximum atomic E-state index is 11.1. The number of unbranched alkanes of at least 4 members (excludes halogenated alkanes) is 1. The van der Waals surface area contributed by atoms with Gasteiger partial charge < -0.3 is 5.11 Å². The third kappa shape index (κ3) is 3.74. The average molecular weight is 216 g/mol. The second-order valence-electron chi connectivity index (χ2n) is 3.32. The smallest absolute Gasteiger partial charge is 0.320 e. The summed E-state index contributed by atoms with van der Waals surface area (Å²) in [7, 11) is 0. The van der Waals surface area contributed by atoms with Crippen molar-refractivity contribution in [3.8, 4) is 0 Å². The highest BCUT2D eigenvalue weighted by Gasteiger charge is 2.34. The summed E-state index contributed by atoms with van der Waals surface area (Å²) in [5, 5.41) is 9.13. The zero-order valence-electron chi connectivity index (χ0n) is 9.25. The molecule has 0 radical (unpaired) electrons. The predicted molar refractivity (Wildman–Crippen MR) is 62.8 cm³/mol. The Balaban J connectivity index is 4.29. The zero-order valence-corrected chi connectivity index (χ0v) is 10.1. The van der Waals surface area contributed by atoms with E-state index in [1.807, 2.05) is 19.3 Å². The molecule has 0 bridgehead atoms. The van der Waals surface area contributed by atoms with Crippen LogP contribution < -0.4 is 0 Å². The molecule has 0 aliphatic rings. The molecule has 0 aromatic rings. The van der Waals surface area contributed by atoms with Gasteiger partial charge in [-0.25, -0.2) is 0 Å². The molecule has 3 heteroatoms.